The smallest absolute Gasteiger partial charge is 0.340 e. The fourth-order valence-electron chi connectivity index (χ4n) is 2.69. The molecule has 0 heterocycles. The topological polar surface area (TPSA) is 0 Å². The fourth-order valence-corrected chi connectivity index (χ4v) is 2.69. The Morgan fingerprint density at radius 2 is 1.50 bits per heavy atom. The third-order valence-electron chi connectivity index (χ3n) is 3.09. The first-order chi connectivity index (χ1) is 4.36. The standard InChI is InChI=1S/C9H15.Li/c1-7-5-8-3-2-4-9(8)6-7;/h7-9H,1-6H2;/q-1;+1/t8-,9-;/m1./s1. The predicted molar refractivity (Wildman–Crippen MR) is 38.9 cm³/mol. The molecule has 0 amide bonds. The van der Waals surface area contributed by atoms with Crippen molar-refractivity contribution in [3.8, 4) is 0 Å². The van der Waals surface area contributed by atoms with Crippen molar-refractivity contribution < 1.29 is 18.9 Å². The molecule has 1 heteroatoms. The molecule has 0 nitrogen and oxygen atoms in total. The molecule has 2 fully saturated rings. The van der Waals surface area contributed by atoms with Crippen LogP contribution in [0.1, 0.15) is 32.1 Å². The molecule has 0 saturated heterocycles. The minimum absolute atomic E-state index is 0. The van der Waals surface area contributed by atoms with Crippen LogP contribution in [-0.2, 0) is 0 Å². The van der Waals surface area contributed by atoms with Gasteiger partial charge in [0, 0.05) is 0 Å². The van der Waals surface area contributed by atoms with E-state index in [4.69, 9.17) is 0 Å². The molecule has 2 rings (SSSR count). The van der Waals surface area contributed by atoms with Gasteiger partial charge in [0.05, 0.1) is 0 Å². The zero-order chi connectivity index (χ0) is 6.27. The largest absolute Gasteiger partial charge is 1.00 e. The second-order valence-electron chi connectivity index (χ2n) is 3.79. The van der Waals surface area contributed by atoms with Gasteiger partial charge >= 0.3 is 18.9 Å². The summed E-state index contributed by atoms with van der Waals surface area (Å²) in [6.07, 6.45) is 7.39. The maximum absolute atomic E-state index is 4.12. The van der Waals surface area contributed by atoms with Gasteiger partial charge in [0.25, 0.3) is 0 Å². The molecular formula is C9H15Li. The second-order valence-corrected chi connectivity index (χ2v) is 3.79. The summed E-state index contributed by atoms with van der Waals surface area (Å²) in [4.78, 5) is 0. The van der Waals surface area contributed by atoms with Crippen molar-refractivity contribution in [1.82, 2.24) is 0 Å². The Morgan fingerprint density at radius 1 is 1.00 bits per heavy atom. The molecule has 0 aliphatic heterocycles. The SMILES string of the molecule is [CH2-]C1C[C@H]2CCC[C@@H]2C1.[Li+]. The van der Waals surface area contributed by atoms with Gasteiger partial charge < -0.3 is 6.92 Å². The Hall–Kier alpha value is 0.597. The summed E-state index contributed by atoms with van der Waals surface area (Å²) < 4.78 is 0. The Morgan fingerprint density at radius 3 is 2.00 bits per heavy atom. The third-order valence-corrected chi connectivity index (χ3v) is 3.09. The summed E-state index contributed by atoms with van der Waals surface area (Å²) in [7, 11) is 0. The van der Waals surface area contributed by atoms with Gasteiger partial charge in [0.1, 0.15) is 0 Å². The summed E-state index contributed by atoms with van der Waals surface area (Å²) in [6, 6.07) is 0. The first-order valence-electron chi connectivity index (χ1n) is 4.19. The molecule has 10 heavy (non-hydrogen) atoms. The Labute approximate surface area is 75.9 Å². The van der Waals surface area contributed by atoms with Crippen molar-refractivity contribution >= 4 is 0 Å². The molecule has 2 aliphatic rings. The average Bonchev–Trinajstić information content (AvgIpc) is 2.22. The van der Waals surface area contributed by atoms with Crippen molar-refractivity contribution in [1.29, 1.82) is 0 Å². The summed E-state index contributed by atoms with van der Waals surface area (Å²) in [6.45, 7) is 4.12. The van der Waals surface area contributed by atoms with Crippen LogP contribution in [0.25, 0.3) is 0 Å². The van der Waals surface area contributed by atoms with E-state index in [0.29, 0.717) is 0 Å². The third kappa shape index (κ3) is 1.43. The maximum Gasteiger partial charge on any atom is 1.00 e. The molecule has 0 spiro atoms. The monoisotopic (exact) mass is 130 g/mol. The molecule has 0 radical (unpaired) electrons. The fraction of sp³-hybridized carbons (Fsp3) is 0.889. The van der Waals surface area contributed by atoms with Crippen molar-refractivity contribution in [3.63, 3.8) is 0 Å². The Kier molecular flexibility index (Phi) is 2.89. The molecule has 2 aliphatic carbocycles. The van der Waals surface area contributed by atoms with Crippen LogP contribution in [-0.4, -0.2) is 0 Å². The van der Waals surface area contributed by atoms with Crippen molar-refractivity contribution in [2.45, 2.75) is 32.1 Å². The maximum atomic E-state index is 4.12. The van der Waals surface area contributed by atoms with E-state index in [1.54, 1.807) is 0 Å². The minimum atomic E-state index is 0. The van der Waals surface area contributed by atoms with Gasteiger partial charge in [-0.15, -0.1) is 0 Å². The molecule has 0 aromatic carbocycles. The molecule has 0 unspecified atom stereocenters. The summed E-state index contributed by atoms with van der Waals surface area (Å²) >= 11 is 0. The van der Waals surface area contributed by atoms with Gasteiger partial charge in [-0.05, 0) is 11.8 Å². The Balaban J connectivity index is 0.000000500. The quantitative estimate of drug-likeness (QED) is 0.310. The van der Waals surface area contributed by atoms with Crippen molar-refractivity contribution in [3.05, 3.63) is 6.92 Å². The summed E-state index contributed by atoms with van der Waals surface area (Å²) in [5.41, 5.74) is 0. The second kappa shape index (κ2) is 3.33. The van der Waals surface area contributed by atoms with Gasteiger partial charge in [-0.2, -0.15) is 5.92 Å². The summed E-state index contributed by atoms with van der Waals surface area (Å²) in [5, 5.41) is 0. The molecule has 0 aromatic rings. The Bertz CT molecular complexity index is 99.3. The van der Waals surface area contributed by atoms with E-state index in [2.05, 4.69) is 6.92 Å². The van der Waals surface area contributed by atoms with Crippen LogP contribution in [0.3, 0.4) is 0 Å². The van der Waals surface area contributed by atoms with Crippen LogP contribution in [0.5, 0.6) is 0 Å². The van der Waals surface area contributed by atoms with Gasteiger partial charge in [-0.25, -0.2) is 0 Å². The van der Waals surface area contributed by atoms with E-state index < -0.39 is 0 Å². The molecule has 2 atom stereocenters. The van der Waals surface area contributed by atoms with Crippen LogP contribution in [0.2, 0.25) is 0 Å². The van der Waals surface area contributed by atoms with E-state index in [-0.39, 0.29) is 18.9 Å². The molecule has 52 valence electrons. The first-order valence-corrected chi connectivity index (χ1v) is 4.19. The van der Waals surface area contributed by atoms with E-state index in [9.17, 15) is 0 Å². The van der Waals surface area contributed by atoms with Crippen molar-refractivity contribution in [2.75, 3.05) is 0 Å². The van der Waals surface area contributed by atoms with Crippen LogP contribution in [0.4, 0.5) is 0 Å². The van der Waals surface area contributed by atoms with Crippen molar-refractivity contribution in [2.24, 2.45) is 17.8 Å². The molecule has 0 aromatic heterocycles. The van der Waals surface area contributed by atoms with E-state index in [1.807, 2.05) is 0 Å². The van der Waals surface area contributed by atoms with Gasteiger partial charge in [-0.3, -0.25) is 0 Å². The molecule has 2 saturated carbocycles. The van der Waals surface area contributed by atoms with Gasteiger partial charge in [-0.1, -0.05) is 32.1 Å². The number of hydrogen-bond donors (Lipinski definition) is 0. The molecular weight excluding hydrogens is 115 g/mol. The molecule has 0 N–H and O–H groups in total. The van der Waals surface area contributed by atoms with E-state index >= 15 is 0 Å². The normalized spacial score (nSPS) is 39.3. The first kappa shape index (κ1) is 8.69. The number of rotatable bonds is 0. The average molecular weight is 130 g/mol. The van der Waals surface area contributed by atoms with E-state index in [1.165, 1.54) is 32.1 Å². The van der Waals surface area contributed by atoms with Gasteiger partial charge in [0.2, 0.25) is 0 Å². The number of fused-ring (bicyclic) bond motifs is 1. The number of hydrogen-bond acceptors (Lipinski definition) is 0. The van der Waals surface area contributed by atoms with Crippen LogP contribution < -0.4 is 18.9 Å². The molecule has 0 bridgehead atoms. The van der Waals surface area contributed by atoms with Crippen LogP contribution >= 0.6 is 0 Å². The summed E-state index contributed by atoms with van der Waals surface area (Å²) in [5.74, 6) is 2.99. The van der Waals surface area contributed by atoms with Crippen LogP contribution in [0, 0.1) is 24.7 Å². The van der Waals surface area contributed by atoms with Crippen LogP contribution in [0.15, 0.2) is 0 Å². The zero-order valence-electron chi connectivity index (χ0n) is 6.97. The minimum Gasteiger partial charge on any atom is -0.340 e. The predicted octanol–water partition coefficient (Wildman–Crippen LogP) is -0.349. The zero-order valence-corrected chi connectivity index (χ0v) is 6.97. The van der Waals surface area contributed by atoms with E-state index in [0.717, 1.165) is 17.8 Å². The van der Waals surface area contributed by atoms with Gasteiger partial charge in [0.15, 0.2) is 0 Å².